The number of carboxylic acid groups (broad SMARTS) is 1. The Labute approximate surface area is 145 Å². The van der Waals surface area contributed by atoms with Crippen molar-refractivity contribution >= 4 is 17.9 Å². The lowest BCUT2D eigenvalue weighted by atomic mass is 10.2. The van der Waals surface area contributed by atoms with Crippen molar-refractivity contribution in [2.75, 3.05) is 32.7 Å². The van der Waals surface area contributed by atoms with Gasteiger partial charge in [-0.05, 0) is 25.0 Å². The summed E-state index contributed by atoms with van der Waals surface area (Å²) in [7, 11) is 0. The minimum atomic E-state index is -0.897. The highest BCUT2D eigenvalue weighted by molar-refractivity contribution is 5.94. The summed E-state index contributed by atoms with van der Waals surface area (Å²) in [6, 6.07) is 5.58. The number of amides is 3. The maximum absolute atomic E-state index is 13.8. The van der Waals surface area contributed by atoms with Crippen LogP contribution in [0.15, 0.2) is 24.3 Å². The molecule has 1 saturated heterocycles. The summed E-state index contributed by atoms with van der Waals surface area (Å²) >= 11 is 0. The molecule has 1 aromatic rings. The van der Waals surface area contributed by atoms with Gasteiger partial charge >= 0.3 is 12.0 Å². The molecule has 2 N–H and O–H groups in total. The van der Waals surface area contributed by atoms with E-state index >= 15 is 0 Å². The van der Waals surface area contributed by atoms with Crippen LogP contribution in [-0.4, -0.2) is 65.5 Å². The van der Waals surface area contributed by atoms with Gasteiger partial charge in [-0.1, -0.05) is 12.1 Å². The molecule has 136 valence electrons. The lowest BCUT2D eigenvalue weighted by molar-refractivity contribution is -0.137. The van der Waals surface area contributed by atoms with E-state index in [2.05, 4.69) is 5.32 Å². The first-order chi connectivity index (χ1) is 12.0. The van der Waals surface area contributed by atoms with E-state index in [0.717, 1.165) is 0 Å². The number of nitrogens with one attached hydrogen (secondary N) is 1. The average Bonchev–Trinajstić information content (AvgIpc) is 2.84. The molecule has 1 aliphatic rings. The number of aliphatic carboxylic acids is 1. The molecule has 1 aliphatic heterocycles. The molecule has 0 atom stereocenters. The van der Waals surface area contributed by atoms with Crippen molar-refractivity contribution in [2.24, 2.45) is 0 Å². The summed E-state index contributed by atoms with van der Waals surface area (Å²) in [5, 5.41) is 11.3. The van der Waals surface area contributed by atoms with Gasteiger partial charge in [0.2, 0.25) is 0 Å². The third-order valence-corrected chi connectivity index (χ3v) is 4.02. The summed E-state index contributed by atoms with van der Waals surface area (Å²) in [5.74, 6) is -1.82. The zero-order valence-electron chi connectivity index (χ0n) is 13.9. The van der Waals surface area contributed by atoms with Crippen molar-refractivity contribution in [1.29, 1.82) is 0 Å². The number of hydrogen-bond donors (Lipinski definition) is 2. The minimum absolute atomic E-state index is 0.00516. The molecule has 2 rings (SSSR count). The Kier molecular flexibility index (Phi) is 6.73. The van der Waals surface area contributed by atoms with Gasteiger partial charge in [0.15, 0.2) is 0 Å². The predicted molar refractivity (Wildman–Crippen MR) is 88.8 cm³/mol. The van der Waals surface area contributed by atoms with Crippen molar-refractivity contribution in [3.05, 3.63) is 35.6 Å². The lowest BCUT2D eigenvalue weighted by Crippen LogP contribution is -2.43. The van der Waals surface area contributed by atoms with Gasteiger partial charge in [-0.2, -0.15) is 0 Å². The van der Waals surface area contributed by atoms with Crippen LogP contribution >= 0.6 is 0 Å². The number of carbonyl (C=O) groups is 3. The van der Waals surface area contributed by atoms with Gasteiger partial charge in [0.1, 0.15) is 5.82 Å². The number of carboxylic acids is 1. The van der Waals surface area contributed by atoms with Gasteiger partial charge in [0, 0.05) is 39.1 Å². The Bertz CT molecular complexity index is 638. The maximum Gasteiger partial charge on any atom is 0.317 e. The largest absolute Gasteiger partial charge is 0.481 e. The molecule has 0 unspecified atom stereocenters. The Morgan fingerprint density at radius 3 is 2.48 bits per heavy atom. The van der Waals surface area contributed by atoms with E-state index in [9.17, 15) is 18.8 Å². The summed E-state index contributed by atoms with van der Waals surface area (Å²) in [5.41, 5.74) is 0.0362. The number of nitrogens with zero attached hydrogens (tertiary/aromatic N) is 2. The number of urea groups is 1. The molecule has 25 heavy (non-hydrogen) atoms. The van der Waals surface area contributed by atoms with Gasteiger partial charge < -0.3 is 20.2 Å². The second-order valence-electron chi connectivity index (χ2n) is 5.84. The van der Waals surface area contributed by atoms with Gasteiger partial charge in [0.25, 0.3) is 5.91 Å². The fraction of sp³-hybridized carbons (Fsp3) is 0.471. The van der Waals surface area contributed by atoms with Crippen LogP contribution in [0, 0.1) is 5.82 Å². The topological polar surface area (TPSA) is 89.9 Å². The van der Waals surface area contributed by atoms with Crippen LogP contribution in [-0.2, 0) is 4.79 Å². The van der Waals surface area contributed by atoms with Crippen molar-refractivity contribution in [3.8, 4) is 0 Å². The quantitative estimate of drug-likeness (QED) is 0.788. The van der Waals surface area contributed by atoms with Crippen LogP contribution in [0.2, 0.25) is 0 Å². The molecule has 0 spiro atoms. The molecule has 0 radical (unpaired) electrons. The van der Waals surface area contributed by atoms with Gasteiger partial charge in [0.05, 0.1) is 5.56 Å². The van der Waals surface area contributed by atoms with Crippen molar-refractivity contribution < 1.29 is 23.9 Å². The van der Waals surface area contributed by atoms with Crippen molar-refractivity contribution in [3.63, 3.8) is 0 Å². The molecular weight excluding hydrogens is 329 g/mol. The third kappa shape index (κ3) is 5.44. The summed E-state index contributed by atoms with van der Waals surface area (Å²) < 4.78 is 13.8. The third-order valence-electron chi connectivity index (χ3n) is 4.02. The van der Waals surface area contributed by atoms with E-state index in [1.807, 2.05) is 0 Å². The zero-order valence-corrected chi connectivity index (χ0v) is 13.9. The smallest absolute Gasteiger partial charge is 0.317 e. The van der Waals surface area contributed by atoms with E-state index in [4.69, 9.17) is 5.11 Å². The Morgan fingerprint density at radius 1 is 1.08 bits per heavy atom. The van der Waals surface area contributed by atoms with Crippen LogP contribution in [0.1, 0.15) is 29.6 Å². The molecule has 0 saturated carbocycles. The first-order valence-electron chi connectivity index (χ1n) is 8.27. The highest BCUT2D eigenvalue weighted by Gasteiger charge is 2.24. The number of benzene rings is 1. The summed E-state index contributed by atoms with van der Waals surface area (Å²) in [6.07, 6.45) is 0.973. The lowest BCUT2D eigenvalue weighted by Gasteiger charge is -2.22. The summed E-state index contributed by atoms with van der Waals surface area (Å²) in [4.78, 5) is 38.1. The molecule has 7 nitrogen and oxygen atoms in total. The second kappa shape index (κ2) is 9.00. The van der Waals surface area contributed by atoms with E-state index in [1.165, 1.54) is 18.2 Å². The van der Waals surface area contributed by atoms with E-state index in [-0.39, 0.29) is 23.9 Å². The Hall–Kier alpha value is -2.64. The average molecular weight is 351 g/mol. The monoisotopic (exact) mass is 351 g/mol. The van der Waals surface area contributed by atoms with Crippen LogP contribution in [0.3, 0.4) is 0 Å². The first kappa shape index (κ1) is 18.7. The molecule has 8 heteroatoms. The van der Waals surface area contributed by atoms with Crippen LogP contribution < -0.4 is 5.32 Å². The minimum Gasteiger partial charge on any atom is -0.481 e. The van der Waals surface area contributed by atoms with Gasteiger partial charge in [-0.3, -0.25) is 9.59 Å². The summed E-state index contributed by atoms with van der Waals surface area (Å²) in [6.45, 7) is 1.92. The van der Waals surface area contributed by atoms with Gasteiger partial charge in [-0.25, -0.2) is 9.18 Å². The molecular formula is C17H22FN3O4. The van der Waals surface area contributed by atoms with Crippen molar-refractivity contribution in [1.82, 2.24) is 15.1 Å². The van der Waals surface area contributed by atoms with Gasteiger partial charge in [-0.15, -0.1) is 0 Å². The SMILES string of the molecule is O=C(O)CCCNC(=O)N1CCCN(C(=O)c2ccccc2F)CC1. The number of carbonyl (C=O) groups excluding carboxylic acids is 2. The van der Waals surface area contributed by atoms with E-state index in [1.54, 1.807) is 15.9 Å². The predicted octanol–water partition coefficient (Wildman–Crippen LogP) is 1.55. The molecule has 0 aromatic heterocycles. The molecule has 1 heterocycles. The molecule has 1 fully saturated rings. The van der Waals surface area contributed by atoms with E-state index in [0.29, 0.717) is 45.6 Å². The van der Waals surface area contributed by atoms with E-state index < -0.39 is 11.8 Å². The van der Waals surface area contributed by atoms with Crippen LogP contribution in [0.5, 0.6) is 0 Å². The molecule has 3 amide bonds. The highest BCUT2D eigenvalue weighted by Crippen LogP contribution is 2.12. The Morgan fingerprint density at radius 2 is 1.76 bits per heavy atom. The van der Waals surface area contributed by atoms with Crippen LogP contribution in [0.25, 0.3) is 0 Å². The fourth-order valence-electron chi connectivity index (χ4n) is 2.68. The standard InChI is InChI=1S/C17H22FN3O4/c18-14-6-2-1-5-13(14)16(24)20-9-4-10-21(12-11-20)17(25)19-8-3-7-15(22)23/h1-2,5-6H,3-4,7-12H2,(H,19,25)(H,22,23). The fourth-order valence-corrected chi connectivity index (χ4v) is 2.68. The van der Waals surface area contributed by atoms with Crippen molar-refractivity contribution in [2.45, 2.75) is 19.3 Å². The maximum atomic E-state index is 13.8. The zero-order chi connectivity index (χ0) is 18.2. The second-order valence-corrected chi connectivity index (χ2v) is 5.84. The first-order valence-corrected chi connectivity index (χ1v) is 8.27. The number of halogens is 1. The number of hydrogen-bond acceptors (Lipinski definition) is 3. The number of rotatable bonds is 5. The molecule has 1 aromatic carbocycles. The molecule has 0 aliphatic carbocycles. The Balaban J connectivity index is 1.85. The van der Waals surface area contributed by atoms with Crippen LogP contribution in [0.4, 0.5) is 9.18 Å². The normalized spacial score (nSPS) is 14.8. The molecule has 0 bridgehead atoms. The highest BCUT2D eigenvalue weighted by atomic mass is 19.1.